The predicted octanol–water partition coefficient (Wildman–Crippen LogP) is 3.14. The number of ketones is 1. The first-order valence-corrected chi connectivity index (χ1v) is 7.04. The fourth-order valence-corrected chi connectivity index (χ4v) is 2.33. The molecule has 4 heteroatoms. The van der Waals surface area contributed by atoms with E-state index in [1.807, 2.05) is 31.2 Å². The highest BCUT2D eigenvalue weighted by molar-refractivity contribution is 6.00. The lowest BCUT2D eigenvalue weighted by atomic mass is 10.0. The van der Waals surface area contributed by atoms with Gasteiger partial charge in [-0.3, -0.25) is 4.79 Å². The van der Waals surface area contributed by atoms with Gasteiger partial charge in [0.15, 0.2) is 6.10 Å². The second-order valence-corrected chi connectivity index (χ2v) is 4.81. The lowest BCUT2D eigenvalue weighted by Gasteiger charge is -2.26. The van der Waals surface area contributed by atoms with Crippen LogP contribution in [0.3, 0.4) is 0 Å². The number of carbonyl (C=O) groups excluding carboxylic acids is 1. The molecule has 0 aromatic heterocycles. The molecule has 1 atom stereocenters. The Hall–Kier alpha value is -2.49. The molecule has 1 aliphatic heterocycles. The summed E-state index contributed by atoms with van der Waals surface area (Å²) in [5.74, 6) is 1.45. The van der Waals surface area contributed by atoms with E-state index in [9.17, 15) is 4.79 Å². The molecule has 1 aliphatic rings. The molecule has 108 valence electrons. The zero-order valence-corrected chi connectivity index (χ0v) is 11.8. The summed E-state index contributed by atoms with van der Waals surface area (Å²) in [7, 11) is 0. The quantitative estimate of drug-likeness (QED) is 0.876. The van der Waals surface area contributed by atoms with Gasteiger partial charge in [-0.2, -0.15) is 0 Å². The molecule has 2 aromatic carbocycles. The predicted molar refractivity (Wildman–Crippen MR) is 81.3 cm³/mol. The van der Waals surface area contributed by atoms with E-state index < -0.39 is 6.10 Å². The number of anilines is 1. The molecule has 0 saturated heterocycles. The van der Waals surface area contributed by atoms with Crippen molar-refractivity contribution in [2.45, 2.75) is 13.0 Å². The van der Waals surface area contributed by atoms with Crippen LogP contribution in [0.5, 0.6) is 11.5 Å². The van der Waals surface area contributed by atoms with Gasteiger partial charge in [-0.05, 0) is 43.3 Å². The van der Waals surface area contributed by atoms with Crippen LogP contribution in [0.4, 0.5) is 5.69 Å². The minimum Gasteiger partial charge on any atom is -0.494 e. The number of hydrogen-bond donors (Lipinski definition) is 1. The van der Waals surface area contributed by atoms with E-state index in [2.05, 4.69) is 5.32 Å². The van der Waals surface area contributed by atoms with Crippen molar-refractivity contribution in [2.24, 2.45) is 0 Å². The Morgan fingerprint density at radius 2 is 2.00 bits per heavy atom. The molecular weight excluding hydrogens is 266 g/mol. The van der Waals surface area contributed by atoms with Gasteiger partial charge in [0.05, 0.1) is 18.8 Å². The van der Waals surface area contributed by atoms with E-state index >= 15 is 0 Å². The second-order valence-electron chi connectivity index (χ2n) is 4.81. The number of hydrogen-bond acceptors (Lipinski definition) is 4. The van der Waals surface area contributed by atoms with Crippen LogP contribution in [-0.2, 0) is 0 Å². The van der Waals surface area contributed by atoms with Crippen LogP contribution in [0, 0.1) is 0 Å². The molecule has 1 heterocycles. The molecule has 0 saturated carbocycles. The molecule has 21 heavy (non-hydrogen) atoms. The topological polar surface area (TPSA) is 47.6 Å². The van der Waals surface area contributed by atoms with Gasteiger partial charge >= 0.3 is 0 Å². The van der Waals surface area contributed by atoms with Crippen molar-refractivity contribution >= 4 is 11.5 Å². The van der Waals surface area contributed by atoms with Crippen LogP contribution in [-0.4, -0.2) is 25.0 Å². The first-order chi connectivity index (χ1) is 10.3. The summed E-state index contributed by atoms with van der Waals surface area (Å²) >= 11 is 0. The van der Waals surface area contributed by atoms with Crippen LogP contribution in [0.2, 0.25) is 0 Å². The summed E-state index contributed by atoms with van der Waals surface area (Å²) in [6.45, 7) is 3.01. The summed E-state index contributed by atoms with van der Waals surface area (Å²) in [5.41, 5.74) is 1.55. The van der Waals surface area contributed by atoms with Crippen molar-refractivity contribution in [3.63, 3.8) is 0 Å². The summed E-state index contributed by atoms with van der Waals surface area (Å²) in [6.07, 6.45) is -0.502. The van der Waals surface area contributed by atoms with Gasteiger partial charge in [0.1, 0.15) is 11.5 Å². The number of Topliss-reactive ketones (excluding diaryl/α,β-unsaturated/α-hetero) is 1. The molecule has 1 N–H and O–H groups in total. The average molecular weight is 283 g/mol. The Bertz CT molecular complexity index is 637. The maximum absolute atomic E-state index is 12.5. The van der Waals surface area contributed by atoms with Crippen molar-refractivity contribution < 1.29 is 14.3 Å². The largest absolute Gasteiger partial charge is 0.494 e. The first kappa shape index (κ1) is 13.5. The maximum Gasteiger partial charge on any atom is 0.205 e. The fraction of sp³-hybridized carbons (Fsp3) is 0.235. The van der Waals surface area contributed by atoms with Crippen molar-refractivity contribution in [2.75, 3.05) is 18.5 Å². The fourth-order valence-electron chi connectivity index (χ4n) is 2.33. The number of para-hydroxylation sites is 2. The van der Waals surface area contributed by atoms with Crippen molar-refractivity contribution in [1.82, 2.24) is 0 Å². The molecule has 1 unspecified atom stereocenters. The SMILES string of the molecule is CCOc1ccc(C(=O)C2CNc3ccccc3O2)cc1. The first-order valence-electron chi connectivity index (χ1n) is 7.04. The van der Waals surface area contributed by atoms with E-state index in [1.165, 1.54) is 0 Å². The summed E-state index contributed by atoms with van der Waals surface area (Å²) < 4.78 is 11.2. The minimum atomic E-state index is -0.502. The Labute approximate surface area is 123 Å². The van der Waals surface area contributed by atoms with Crippen molar-refractivity contribution in [3.05, 3.63) is 54.1 Å². The van der Waals surface area contributed by atoms with Gasteiger partial charge in [0.25, 0.3) is 0 Å². The Morgan fingerprint density at radius 1 is 1.24 bits per heavy atom. The molecule has 0 aliphatic carbocycles. The Kier molecular flexibility index (Phi) is 3.77. The third kappa shape index (κ3) is 2.84. The van der Waals surface area contributed by atoms with Gasteiger partial charge in [-0.1, -0.05) is 12.1 Å². The highest BCUT2D eigenvalue weighted by atomic mass is 16.5. The molecule has 0 bridgehead atoms. The van der Waals surface area contributed by atoms with Gasteiger partial charge < -0.3 is 14.8 Å². The Balaban J connectivity index is 1.74. The third-order valence-corrected chi connectivity index (χ3v) is 3.38. The Morgan fingerprint density at radius 3 is 2.76 bits per heavy atom. The van der Waals surface area contributed by atoms with Gasteiger partial charge in [0.2, 0.25) is 5.78 Å². The number of nitrogens with one attached hydrogen (secondary N) is 1. The van der Waals surface area contributed by atoms with Crippen LogP contribution in [0.15, 0.2) is 48.5 Å². The van der Waals surface area contributed by atoms with Gasteiger partial charge in [-0.15, -0.1) is 0 Å². The summed E-state index contributed by atoms with van der Waals surface area (Å²) in [5, 5.41) is 3.22. The lowest BCUT2D eigenvalue weighted by molar-refractivity contribution is 0.0801. The molecule has 0 fully saturated rings. The van der Waals surface area contributed by atoms with Crippen LogP contribution in [0.25, 0.3) is 0 Å². The summed E-state index contributed by atoms with van der Waals surface area (Å²) in [6, 6.07) is 14.8. The van der Waals surface area contributed by atoms with Crippen molar-refractivity contribution in [1.29, 1.82) is 0 Å². The summed E-state index contributed by atoms with van der Waals surface area (Å²) in [4.78, 5) is 12.5. The van der Waals surface area contributed by atoms with E-state index in [-0.39, 0.29) is 5.78 Å². The molecule has 4 nitrogen and oxygen atoms in total. The zero-order valence-electron chi connectivity index (χ0n) is 11.8. The number of ether oxygens (including phenoxy) is 2. The highest BCUT2D eigenvalue weighted by Crippen LogP contribution is 2.29. The van der Waals surface area contributed by atoms with Gasteiger partial charge in [0, 0.05) is 5.56 Å². The molecule has 0 amide bonds. The molecular formula is C17H17NO3. The molecule has 3 rings (SSSR count). The van der Waals surface area contributed by atoms with Crippen LogP contribution < -0.4 is 14.8 Å². The van der Waals surface area contributed by atoms with Gasteiger partial charge in [-0.25, -0.2) is 0 Å². The zero-order chi connectivity index (χ0) is 14.7. The molecule has 0 radical (unpaired) electrons. The van der Waals surface area contributed by atoms with E-state index in [0.29, 0.717) is 24.5 Å². The maximum atomic E-state index is 12.5. The minimum absolute atomic E-state index is 0.0277. The second kappa shape index (κ2) is 5.87. The van der Waals surface area contributed by atoms with Crippen molar-refractivity contribution in [3.8, 4) is 11.5 Å². The number of rotatable bonds is 4. The monoisotopic (exact) mass is 283 g/mol. The third-order valence-electron chi connectivity index (χ3n) is 3.38. The molecule has 2 aromatic rings. The number of carbonyl (C=O) groups is 1. The smallest absolute Gasteiger partial charge is 0.205 e. The van der Waals surface area contributed by atoms with E-state index in [1.54, 1.807) is 24.3 Å². The lowest BCUT2D eigenvalue weighted by Crippen LogP contribution is -2.37. The molecule has 0 spiro atoms. The standard InChI is InChI=1S/C17H17NO3/c1-2-20-13-9-7-12(8-10-13)17(19)16-11-18-14-5-3-4-6-15(14)21-16/h3-10,16,18H,2,11H2,1H3. The van der Waals surface area contributed by atoms with Crippen LogP contribution in [0.1, 0.15) is 17.3 Å². The van der Waals surface area contributed by atoms with E-state index in [0.717, 1.165) is 11.4 Å². The van der Waals surface area contributed by atoms with Crippen LogP contribution >= 0.6 is 0 Å². The number of fused-ring (bicyclic) bond motifs is 1. The number of benzene rings is 2. The average Bonchev–Trinajstić information content (AvgIpc) is 2.55. The highest BCUT2D eigenvalue weighted by Gasteiger charge is 2.26. The normalized spacial score (nSPS) is 16.3. The van der Waals surface area contributed by atoms with E-state index in [4.69, 9.17) is 9.47 Å².